The van der Waals surface area contributed by atoms with E-state index in [2.05, 4.69) is 17.5 Å². The summed E-state index contributed by atoms with van der Waals surface area (Å²) < 4.78 is 9.98. The van der Waals surface area contributed by atoms with E-state index >= 15 is 0 Å². The first-order valence-corrected chi connectivity index (χ1v) is 23.1. The van der Waals surface area contributed by atoms with Gasteiger partial charge in [-0.3, -0.25) is 28.8 Å². The quantitative estimate of drug-likeness (QED) is 0.00804. The zero-order chi connectivity index (χ0) is 54.1. The normalized spacial score (nSPS) is 12.8. The van der Waals surface area contributed by atoms with Gasteiger partial charge in [-0.15, -0.1) is 23.2 Å². The molecule has 0 spiro atoms. The topological polar surface area (TPSA) is 251 Å². The van der Waals surface area contributed by atoms with E-state index in [1.165, 1.54) is 6.08 Å². The number of benzene rings is 5. The molecule has 15 nitrogen and oxygen atoms in total. The van der Waals surface area contributed by atoms with Gasteiger partial charge in [0.1, 0.15) is 30.9 Å². The van der Waals surface area contributed by atoms with Crippen LogP contribution in [0.15, 0.2) is 194 Å². The van der Waals surface area contributed by atoms with E-state index in [4.69, 9.17) is 54.3 Å². The van der Waals surface area contributed by atoms with Crippen molar-refractivity contribution in [2.45, 2.75) is 29.6 Å². The minimum atomic E-state index is -1.94. The summed E-state index contributed by atoms with van der Waals surface area (Å²) in [5.41, 5.74) is -3.70. The number of aliphatic hydroxyl groups is 4. The van der Waals surface area contributed by atoms with Crippen molar-refractivity contribution in [3.05, 3.63) is 228 Å². The second-order valence-corrected chi connectivity index (χ2v) is 15.9. The number of aliphatic hydroxyl groups excluding tert-OH is 1. The van der Waals surface area contributed by atoms with Crippen LogP contribution in [0.5, 0.6) is 0 Å². The van der Waals surface area contributed by atoms with Crippen LogP contribution in [-0.2, 0) is 44.7 Å². The van der Waals surface area contributed by atoms with Gasteiger partial charge in [0.15, 0.2) is 11.2 Å². The van der Waals surface area contributed by atoms with Gasteiger partial charge >= 0.3 is 115 Å². The molecule has 0 saturated heterocycles. The van der Waals surface area contributed by atoms with Crippen LogP contribution in [0.25, 0.3) is 0 Å². The van der Waals surface area contributed by atoms with E-state index in [1.807, 2.05) is 0 Å². The number of ether oxygens (including phenoxy) is 2. The monoisotopic (exact) mass is 1140 g/mol. The molecule has 0 aromatic heterocycles. The molecule has 3 atom stereocenters. The Morgan fingerprint density at radius 2 is 0.973 bits per heavy atom. The van der Waals surface area contributed by atoms with Gasteiger partial charge in [0.2, 0.25) is 28.2 Å². The minimum Gasteiger partial charge on any atom is -1.00 e. The van der Waals surface area contributed by atoms with Crippen molar-refractivity contribution in [2.75, 3.05) is 31.6 Å². The Balaban J connectivity index is 0. The number of carbonyl (C=O) groups is 7. The Morgan fingerprint density at radius 3 is 1.27 bits per heavy atom. The first-order chi connectivity index (χ1) is 35.0. The Morgan fingerprint density at radius 1 is 0.613 bits per heavy atom. The zero-order valence-corrected chi connectivity index (χ0v) is 49.5. The van der Waals surface area contributed by atoms with E-state index < -0.39 is 65.9 Å². The summed E-state index contributed by atoms with van der Waals surface area (Å²) >= 11 is 15.4. The smallest absolute Gasteiger partial charge is 1.00 e. The molecule has 0 bridgehead atoms. The van der Waals surface area contributed by atoms with Gasteiger partial charge in [-0.1, -0.05) is 158 Å². The third kappa shape index (κ3) is 24.1. The molecule has 0 radical (unpaired) electrons. The molecule has 75 heavy (non-hydrogen) atoms. The maximum atomic E-state index is 12.8. The Bertz CT molecular complexity index is 2630. The molecule has 3 unspecified atom stereocenters. The van der Waals surface area contributed by atoms with Crippen LogP contribution in [0, 0.1) is 6.08 Å². The van der Waals surface area contributed by atoms with E-state index in [0.29, 0.717) is 39.3 Å². The fraction of sp³-hybridized carbons (Fsp3) is 0.182. The van der Waals surface area contributed by atoms with Crippen molar-refractivity contribution in [3.8, 4) is 0 Å². The zero-order valence-electron chi connectivity index (χ0n) is 42.0. The van der Waals surface area contributed by atoms with Crippen LogP contribution in [-0.4, -0.2) is 98.6 Å². The average molecular weight is 1140 g/mol. The van der Waals surface area contributed by atoms with E-state index in [0.717, 1.165) is 6.08 Å². The van der Waals surface area contributed by atoms with Crippen molar-refractivity contribution >= 4 is 75.8 Å². The van der Waals surface area contributed by atoms with Gasteiger partial charge in [0.05, 0.1) is 19.1 Å². The molecule has 6 rings (SSSR count). The number of ketones is 3. The molecule has 0 fully saturated rings. The van der Waals surface area contributed by atoms with Crippen LogP contribution >= 0.6 is 34.8 Å². The Hall–Kier alpha value is -4.00. The van der Waals surface area contributed by atoms with E-state index in [-0.39, 0.29) is 135 Å². The van der Waals surface area contributed by atoms with Gasteiger partial charge in [0, 0.05) is 53.1 Å². The molecular formula is C55H52Cl3K2O15+. The SMILES string of the molecule is C=CC(=O)OCC(O)(C(=O)c1ccccc1)c1ccccc1.O=C(CCCl)OCC(O)(C(=O)c1ccccc1)c1ccccc1.O=C(Cl)CCCl.O=C(c1ccccc1)C(O)(CO)C1=CC=C[C+]=C1.O=CO[O-].[H-].[K+].[K+]. The third-order valence-electron chi connectivity index (χ3n) is 9.81. The van der Waals surface area contributed by atoms with Gasteiger partial charge < -0.3 is 41.5 Å². The van der Waals surface area contributed by atoms with Gasteiger partial charge in [-0.2, -0.15) is 0 Å². The van der Waals surface area contributed by atoms with Crippen molar-refractivity contribution in [3.63, 3.8) is 0 Å². The molecule has 0 saturated carbocycles. The molecule has 0 amide bonds. The van der Waals surface area contributed by atoms with E-state index in [9.17, 15) is 49.2 Å². The number of alkyl halides is 2. The Labute approximate surface area is 536 Å². The summed E-state index contributed by atoms with van der Waals surface area (Å²) in [6, 6.07) is 42.0. The summed E-state index contributed by atoms with van der Waals surface area (Å²) in [6.07, 6.45) is 10.5. The summed E-state index contributed by atoms with van der Waals surface area (Å²) in [6.45, 7) is 1.51. The summed E-state index contributed by atoms with van der Waals surface area (Å²) in [4.78, 5) is 81.6. The number of carbonyl (C=O) groups excluding carboxylic acids is 7. The summed E-state index contributed by atoms with van der Waals surface area (Å²) in [5.74, 6) is -2.40. The molecule has 4 N–H and O–H groups in total. The standard InChI is InChI=1S/C18H17ClO4.C18H16O4.C15H13O3.C3H4Cl2O.CH2O3.2K.H/c19-12-11-16(20)23-13-18(22,15-9-5-2-6-10-15)17(21)14-7-3-1-4-8-14;1-2-16(19)22-13-18(21,15-11-7-4-8-12-15)17(20)14-9-5-3-6-10-14;16-11-15(18,13-9-5-2-6-10-13)14(17)12-7-3-1-4-8-12;4-2-1-3(5)6;2-1-4-3;;;/h1-10,22H,11-13H2;2-12,21H,1,13H2;1-5,7-10,16,18H,11H2;1-2H2;1,3H;;;/q;;+1;;;2*+1;-1/p-1. The first kappa shape index (κ1) is 71.0. The second kappa shape index (κ2) is 39.4. The average Bonchev–Trinajstić information content (AvgIpc) is 3.44. The van der Waals surface area contributed by atoms with Crippen LogP contribution in [0.4, 0.5) is 0 Å². The largest absolute Gasteiger partial charge is 1.00 e. The van der Waals surface area contributed by atoms with Gasteiger partial charge in [-0.25, -0.2) is 4.79 Å². The van der Waals surface area contributed by atoms with Crippen LogP contribution in [0.2, 0.25) is 0 Å². The number of esters is 2. The molecule has 5 aromatic rings. The summed E-state index contributed by atoms with van der Waals surface area (Å²) in [7, 11) is 0. The maximum absolute atomic E-state index is 12.8. The number of allylic oxidation sites excluding steroid dienone is 4. The minimum absolute atomic E-state index is 0. The Kier molecular flexibility index (Phi) is 37.3. The van der Waals surface area contributed by atoms with Crippen LogP contribution in [0.3, 0.4) is 0 Å². The predicted molar refractivity (Wildman–Crippen MR) is 272 cm³/mol. The fourth-order valence-corrected chi connectivity index (χ4v) is 6.58. The number of hydrogen-bond acceptors (Lipinski definition) is 15. The molecular weight excluding hydrogens is 1090 g/mol. The molecule has 1 aliphatic rings. The van der Waals surface area contributed by atoms with Crippen molar-refractivity contribution in [1.29, 1.82) is 0 Å². The maximum Gasteiger partial charge on any atom is 1.00 e. The van der Waals surface area contributed by atoms with Crippen molar-refractivity contribution in [2.24, 2.45) is 0 Å². The predicted octanol–water partition coefficient (Wildman–Crippen LogP) is 0.800. The van der Waals surface area contributed by atoms with Crippen molar-refractivity contribution in [1.82, 2.24) is 0 Å². The molecule has 384 valence electrons. The van der Waals surface area contributed by atoms with E-state index in [1.54, 1.807) is 170 Å². The van der Waals surface area contributed by atoms with Gasteiger partial charge in [0.25, 0.3) is 6.47 Å². The second-order valence-electron chi connectivity index (χ2n) is 14.7. The third-order valence-corrected chi connectivity index (χ3v) is 10.4. The number of hydrogen-bond donors (Lipinski definition) is 4. The van der Waals surface area contributed by atoms with Crippen molar-refractivity contribution < 1.29 is 178 Å². The molecule has 5 aromatic carbocycles. The number of rotatable bonds is 20. The van der Waals surface area contributed by atoms with Crippen LogP contribution < -0.4 is 108 Å². The first-order valence-electron chi connectivity index (χ1n) is 21.6. The summed E-state index contributed by atoms with van der Waals surface area (Å²) in [5, 5.41) is 49.7. The van der Waals surface area contributed by atoms with Gasteiger partial charge in [-0.05, 0) is 22.7 Å². The molecule has 20 heteroatoms. The molecule has 1 aliphatic carbocycles. The fourth-order valence-electron chi connectivity index (χ4n) is 6.06. The number of halogens is 3. The number of Topliss-reactive ketones (excluding diaryl/α,β-unsaturated/α-hetero) is 3. The molecule has 0 aliphatic heterocycles. The molecule has 0 heterocycles. The van der Waals surface area contributed by atoms with Crippen LogP contribution in [0.1, 0.15) is 56.5 Å².